The van der Waals surface area contributed by atoms with Crippen molar-refractivity contribution in [3.63, 3.8) is 0 Å². The number of hydrogen-bond acceptors (Lipinski definition) is 8. The number of benzene rings is 1. The van der Waals surface area contributed by atoms with Gasteiger partial charge in [-0.3, -0.25) is 18.7 Å². The number of Topliss-reactive ketones (excluding diaryl/α,β-unsaturated/α-hetero) is 1. The summed E-state index contributed by atoms with van der Waals surface area (Å²) in [5.41, 5.74) is 6.86. The Labute approximate surface area is 214 Å². The minimum atomic E-state index is -0.624. The Bertz CT molecular complexity index is 1480. The van der Waals surface area contributed by atoms with Crippen LogP contribution in [-0.4, -0.2) is 57.8 Å². The lowest BCUT2D eigenvalue weighted by Gasteiger charge is -2.31. The number of carbonyl (C=O) groups excluding carboxylic acids is 1. The molecule has 1 aliphatic rings. The molecule has 1 aliphatic heterocycles. The summed E-state index contributed by atoms with van der Waals surface area (Å²) in [6, 6.07) is 4.82. The van der Waals surface area contributed by atoms with Gasteiger partial charge in [0.15, 0.2) is 16.9 Å². The van der Waals surface area contributed by atoms with E-state index >= 15 is 0 Å². The first kappa shape index (κ1) is 26.2. The summed E-state index contributed by atoms with van der Waals surface area (Å²) in [6.45, 7) is 5.25. The summed E-state index contributed by atoms with van der Waals surface area (Å²) in [6.07, 6.45) is 3.83. The molecule has 0 spiro atoms. The van der Waals surface area contributed by atoms with E-state index in [1.165, 1.54) is 24.9 Å². The number of methoxy groups -OCH3 is 2. The fourth-order valence-electron chi connectivity index (χ4n) is 4.64. The van der Waals surface area contributed by atoms with Gasteiger partial charge in [0.1, 0.15) is 11.5 Å². The molecule has 198 valence electrons. The number of piperidine rings is 1. The molecule has 11 heteroatoms. The second kappa shape index (κ2) is 10.6. The average Bonchev–Trinajstić information content (AvgIpc) is 3.28. The second-order valence-electron chi connectivity index (χ2n) is 9.55. The second-order valence-corrected chi connectivity index (χ2v) is 9.55. The quantitative estimate of drug-likeness (QED) is 0.358. The Kier molecular flexibility index (Phi) is 7.53. The maximum absolute atomic E-state index is 13.8. The van der Waals surface area contributed by atoms with E-state index < -0.39 is 23.6 Å². The number of nitrogens with two attached hydrogens (primary N) is 1. The lowest BCUT2D eigenvalue weighted by atomic mass is 10.1. The molecule has 1 atom stereocenters. The average molecular weight is 511 g/mol. The highest BCUT2D eigenvalue weighted by Gasteiger charge is 2.27. The van der Waals surface area contributed by atoms with Crippen molar-refractivity contribution < 1.29 is 14.3 Å². The highest BCUT2D eigenvalue weighted by molar-refractivity contribution is 5.99. The molecule has 1 aromatic carbocycles. The minimum absolute atomic E-state index is 0.00130. The van der Waals surface area contributed by atoms with Crippen LogP contribution in [0.2, 0.25) is 0 Å². The van der Waals surface area contributed by atoms with E-state index in [0.717, 1.165) is 29.5 Å². The number of rotatable bonds is 8. The van der Waals surface area contributed by atoms with Crippen molar-refractivity contribution in [3.05, 3.63) is 56.2 Å². The van der Waals surface area contributed by atoms with E-state index in [2.05, 4.69) is 4.90 Å². The monoisotopic (exact) mass is 510 g/mol. The zero-order valence-corrected chi connectivity index (χ0v) is 22.0. The number of ketones is 1. The highest BCUT2D eigenvalue weighted by Crippen LogP contribution is 2.25. The van der Waals surface area contributed by atoms with Gasteiger partial charge in [-0.05, 0) is 44.9 Å². The molecule has 0 saturated carbocycles. The predicted octanol–water partition coefficient (Wildman–Crippen LogP) is 1.69. The van der Waals surface area contributed by atoms with E-state index in [9.17, 15) is 14.4 Å². The first-order valence-corrected chi connectivity index (χ1v) is 12.3. The van der Waals surface area contributed by atoms with Crippen molar-refractivity contribution in [1.29, 1.82) is 0 Å². The molecule has 3 heterocycles. The van der Waals surface area contributed by atoms with Gasteiger partial charge in [0, 0.05) is 32.7 Å². The van der Waals surface area contributed by atoms with Gasteiger partial charge < -0.3 is 24.7 Å². The SMILES string of the molecule is COc1ccc(OC)c(C(=O)Cn2c(=O)c3c(nc(N4CCCC(N)C4)n3CC=C(C)C)n(C)c2=O)c1. The molecule has 1 unspecified atom stereocenters. The summed E-state index contributed by atoms with van der Waals surface area (Å²) in [5, 5.41) is 0. The van der Waals surface area contributed by atoms with Gasteiger partial charge in [0.2, 0.25) is 5.95 Å². The van der Waals surface area contributed by atoms with Crippen LogP contribution in [0.3, 0.4) is 0 Å². The number of ether oxygens (including phenoxy) is 2. The van der Waals surface area contributed by atoms with Crippen molar-refractivity contribution in [1.82, 2.24) is 18.7 Å². The number of nitrogens with zero attached hydrogens (tertiary/aromatic N) is 5. The summed E-state index contributed by atoms with van der Waals surface area (Å²) in [4.78, 5) is 47.2. The fourth-order valence-corrected chi connectivity index (χ4v) is 4.64. The number of carbonyl (C=O) groups is 1. The smallest absolute Gasteiger partial charge is 0.332 e. The molecule has 0 radical (unpaired) electrons. The van der Waals surface area contributed by atoms with Crippen molar-refractivity contribution in [3.8, 4) is 11.5 Å². The van der Waals surface area contributed by atoms with Crippen LogP contribution in [0.25, 0.3) is 11.2 Å². The summed E-state index contributed by atoms with van der Waals surface area (Å²) in [5.74, 6) is 0.929. The Hall–Kier alpha value is -3.86. The lowest BCUT2D eigenvalue weighted by molar-refractivity contribution is 0.0965. The first-order valence-electron chi connectivity index (χ1n) is 12.3. The van der Waals surface area contributed by atoms with Crippen LogP contribution in [0.1, 0.15) is 37.0 Å². The number of hydrogen-bond donors (Lipinski definition) is 1. The van der Waals surface area contributed by atoms with E-state index in [1.54, 1.807) is 19.2 Å². The number of fused-ring (bicyclic) bond motifs is 1. The van der Waals surface area contributed by atoms with Gasteiger partial charge >= 0.3 is 5.69 Å². The molecule has 1 saturated heterocycles. The van der Waals surface area contributed by atoms with Crippen LogP contribution in [-0.2, 0) is 20.1 Å². The van der Waals surface area contributed by atoms with Gasteiger partial charge in [-0.25, -0.2) is 4.79 Å². The van der Waals surface area contributed by atoms with E-state index in [4.69, 9.17) is 20.2 Å². The largest absolute Gasteiger partial charge is 0.497 e. The van der Waals surface area contributed by atoms with E-state index in [1.807, 2.05) is 24.5 Å². The van der Waals surface area contributed by atoms with Crippen molar-refractivity contribution in [2.45, 2.75) is 45.8 Å². The number of anilines is 1. The third-order valence-electron chi connectivity index (χ3n) is 6.64. The Balaban J connectivity index is 1.88. The maximum Gasteiger partial charge on any atom is 0.332 e. The molecule has 0 bridgehead atoms. The van der Waals surface area contributed by atoms with Crippen LogP contribution >= 0.6 is 0 Å². The minimum Gasteiger partial charge on any atom is -0.497 e. The van der Waals surface area contributed by atoms with Crippen LogP contribution in [0.15, 0.2) is 39.4 Å². The van der Waals surface area contributed by atoms with Gasteiger partial charge in [-0.1, -0.05) is 11.6 Å². The van der Waals surface area contributed by atoms with Crippen LogP contribution < -0.4 is 31.4 Å². The molecular weight excluding hydrogens is 476 g/mol. The van der Waals surface area contributed by atoms with Gasteiger partial charge in [0.05, 0.1) is 26.3 Å². The Morgan fingerprint density at radius 2 is 1.95 bits per heavy atom. The molecule has 37 heavy (non-hydrogen) atoms. The van der Waals surface area contributed by atoms with E-state index in [0.29, 0.717) is 30.5 Å². The highest BCUT2D eigenvalue weighted by atomic mass is 16.5. The van der Waals surface area contributed by atoms with E-state index in [-0.39, 0.29) is 22.8 Å². The predicted molar refractivity (Wildman–Crippen MR) is 142 cm³/mol. The normalized spacial score (nSPS) is 15.6. The van der Waals surface area contributed by atoms with Crippen LogP contribution in [0, 0.1) is 0 Å². The molecule has 0 amide bonds. The maximum atomic E-state index is 13.8. The number of allylic oxidation sites excluding steroid dienone is 2. The number of aryl methyl sites for hydroxylation is 1. The van der Waals surface area contributed by atoms with Crippen LogP contribution in [0.5, 0.6) is 11.5 Å². The van der Waals surface area contributed by atoms with Gasteiger partial charge in [0.25, 0.3) is 5.56 Å². The number of aromatic nitrogens is 4. The third kappa shape index (κ3) is 5.04. The lowest BCUT2D eigenvalue weighted by Crippen LogP contribution is -2.44. The fraction of sp³-hybridized carbons (Fsp3) is 0.462. The zero-order valence-electron chi connectivity index (χ0n) is 22.0. The van der Waals surface area contributed by atoms with Crippen LogP contribution in [0.4, 0.5) is 5.95 Å². The molecule has 11 nitrogen and oxygen atoms in total. The molecule has 4 rings (SSSR count). The summed E-state index contributed by atoms with van der Waals surface area (Å²) < 4.78 is 14.7. The molecule has 1 fully saturated rings. The molecule has 3 aromatic rings. The third-order valence-corrected chi connectivity index (χ3v) is 6.64. The molecule has 2 aromatic heterocycles. The van der Waals surface area contributed by atoms with Crippen molar-refractivity contribution in [2.75, 3.05) is 32.2 Å². The summed E-state index contributed by atoms with van der Waals surface area (Å²) in [7, 11) is 4.50. The molecular formula is C26H34N6O5. The summed E-state index contributed by atoms with van der Waals surface area (Å²) >= 11 is 0. The van der Waals surface area contributed by atoms with Crippen molar-refractivity contribution >= 4 is 22.9 Å². The molecule has 2 N–H and O–H groups in total. The number of imidazole rings is 1. The van der Waals surface area contributed by atoms with Gasteiger partial charge in [-0.15, -0.1) is 0 Å². The van der Waals surface area contributed by atoms with Gasteiger partial charge in [-0.2, -0.15) is 4.98 Å². The zero-order chi connectivity index (χ0) is 26.9. The standard InChI is InChI=1S/C26H34N6O5/c1-16(2)10-12-31-22-23(28-25(31)30-11-6-7-17(27)14-30)29(3)26(35)32(24(22)34)15-20(33)19-13-18(36-4)8-9-21(19)37-5/h8-10,13,17H,6-7,11-12,14-15,27H2,1-5H3. The molecule has 0 aliphatic carbocycles. The Morgan fingerprint density at radius 1 is 1.19 bits per heavy atom. The Morgan fingerprint density at radius 3 is 2.59 bits per heavy atom. The topological polar surface area (TPSA) is 127 Å². The van der Waals surface area contributed by atoms with Crippen molar-refractivity contribution in [2.24, 2.45) is 12.8 Å². The first-order chi connectivity index (χ1) is 17.7.